The number of hydrogen-bond acceptors (Lipinski definition) is 5. The van der Waals surface area contributed by atoms with Crippen LogP contribution in [-0.2, 0) is 6.54 Å². The lowest BCUT2D eigenvalue weighted by Crippen LogP contribution is -2.42. The summed E-state index contributed by atoms with van der Waals surface area (Å²) in [6, 6.07) is 25.7. The predicted octanol–water partition coefficient (Wildman–Crippen LogP) is 6.74. The van der Waals surface area contributed by atoms with Crippen molar-refractivity contribution in [1.82, 2.24) is 14.8 Å². The second-order valence-electron chi connectivity index (χ2n) is 10.8. The van der Waals surface area contributed by atoms with Crippen molar-refractivity contribution in [3.8, 4) is 17.2 Å². The number of carbonyl (C=O) groups is 1. The van der Waals surface area contributed by atoms with Gasteiger partial charge in [0.05, 0.1) is 22.7 Å². The van der Waals surface area contributed by atoms with E-state index in [4.69, 9.17) is 16.6 Å². The first-order valence-electron chi connectivity index (χ1n) is 14.0. The molecule has 0 unspecified atom stereocenters. The van der Waals surface area contributed by atoms with Gasteiger partial charge < -0.3 is 15.1 Å². The Labute approximate surface area is 240 Å². The number of pyridine rings is 1. The molecule has 2 aliphatic rings. The quantitative estimate of drug-likeness (QED) is 0.276. The number of amides is 1. The second-order valence-corrected chi connectivity index (χ2v) is 11.2. The molecule has 1 amide bonds. The minimum absolute atomic E-state index is 0.0700. The van der Waals surface area contributed by atoms with Crippen LogP contribution in [0, 0.1) is 11.3 Å². The number of anilines is 1. The molecule has 2 aliphatic heterocycles. The van der Waals surface area contributed by atoms with Gasteiger partial charge in [-0.2, -0.15) is 5.26 Å². The van der Waals surface area contributed by atoms with E-state index in [1.165, 1.54) is 12.8 Å². The van der Waals surface area contributed by atoms with Crippen LogP contribution in [-0.4, -0.2) is 52.9 Å². The van der Waals surface area contributed by atoms with Crippen LogP contribution in [0.5, 0.6) is 0 Å². The average molecular weight is 550 g/mol. The number of rotatable bonds is 7. The van der Waals surface area contributed by atoms with Crippen LogP contribution in [0.25, 0.3) is 22.0 Å². The number of carbonyl (C=O) groups excluding carboxylic acids is 1. The largest absolute Gasteiger partial charge is 0.366 e. The summed E-state index contributed by atoms with van der Waals surface area (Å²) in [5.74, 6) is 0.743. The smallest absolute Gasteiger partial charge is 0.254 e. The van der Waals surface area contributed by atoms with Crippen molar-refractivity contribution in [2.45, 2.75) is 38.3 Å². The van der Waals surface area contributed by atoms with Gasteiger partial charge in [0.15, 0.2) is 0 Å². The molecule has 6 nitrogen and oxygen atoms in total. The number of nitriles is 1. The van der Waals surface area contributed by atoms with Gasteiger partial charge in [0, 0.05) is 36.1 Å². The van der Waals surface area contributed by atoms with Crippen LogP contribution in [0.15, 0.2) is 72.8 Å². The summed E-state index contributed by atoms with van der Waals surface area (Å²) < 4.78 is 0. The number of fused-ring (bicyclic) bond motifs is 1. The summed E-state index contributed by atoms with van der Waals surface area (Å²) in [6.07, 6.45) is 4.57. The van der Waals surface area contributed by atoms with Crippen LogP contribution in [0.2, 0.25) is 5.02 Å². The van der Waals surface area contributed by atoms with Gasteiger partial charge in [-0.3, -0.25) is 4.79 Å². The van der Waals surface area contributed by atoms with Crippen molar-refractivity contribution in [3.05, 3.63) is 94.5 Å². The van der Waals surface area contributed by atoms with E-state index in [0.29, 0.717) is 28.5 Å². The molecular formula is C33H32ClN5O. The lowest BCUT2D eigenvalue weighted by atomic mass is 9.99. The van der Waals surface area contributed by atoms with Gasteiger partial charge in [-0.25, -0.2) is 4.98 Å². The van der Waals surface area contributed by atoms with Crippen molar-refractivity contribution in [2.75, 3.05) is 31.5 Å². The maximum Gasteiger partial charge on any atom is 0.254 e. The molecule has 0 aliphatic carbocycles. The lowest BCUT2D eigenvalue weighted by Gasteiger charge is -2.29. The number of aromatic nitrogens is 1. The van der Waals surface area contributed by atoms with Crippen molar-refractivity contribution < 1.29 is 4.79 Å². The molecule has 1 atom stereocenters. The van der Waals surface area contributed by atoms with Gasteiger partial charge in [-0.05, 0) is 97.9 Å². The molecule has 40 heavy (non-hydrogen) atoms. The number of benzene rings is 3. The monoisotopic (exact) mass is 549 g/mol. The summed E-state index contributed by atoms with van der Waals surface area (Å²) in [6.45, 7) is 4.57. The number of nitrogens with one attached hydrogen (secondary N) is 1. The summed E-state index contributed by atoms with van der Waals surface area (Å²) in [5, 5.41) is 14.2. The van der Waals surface area contributed by atoms with Crippen molar-refractivity contribution in [1.29, 1.82) is 5.26 Å². The Morgan fingerprint density at radius 2 is 1.70 bits per heavy atom. The highest BCUT2D eigenvalue weighted by molar-refractivity contribution is 6.30. The zero-order valence-electron chi connectivity index (χ0n) is 22.4. The first-order valence-corrected chi connectivity index (χ1v) is 14.4. The summed E-state index contributed by atoms with van der Waals surface area (Å²) in [5.41, 5.74) is 5.14. The molecule has 0 bridgehead atoms. The number of halogens is 1. The summed E-state index contributed by atoms with van der Waals surface area (Å²) >= 11 is 6.06. The number of hydrogen-bond donors (Lipinski definition) is 1. The highest BCUT2D eigenvalue weighted by atomic mass is 35.5. The van der Waals surface area contributed by atoms with Gasteiger partial charge in [-0.1, -0.05) is 41.9 Å². The maximum absolute atomic E-state index is 14.2. The molecule has 4 aromatic rings. The normalized spacial score (nSPS) is 17.3. The molecule has 6 rings (SSSR count). The van der Waals surface area contributed by atoms with Crippen molar-refractivity contribution in [3.63, 3.8) is 0 Å². The molecule has 0 saturated carbocycles. The molecule has 0 radical (unpaired) electrons. The van der Waals surface area contributed by atoms with E-state index in [1.54, 1.807) is 0 Å². The second kappa shape index (κ2) is 11.7. The van der Waals surface area contributed by atoms with E-state index in [2.05, 4.69) is 27.3 Å². The topological polar surface area (TPSA) is 72.3 Å². The molecule has 0 spiro atoms. The molecule has 1 aromatic heterocycles. The highest BCUT2D eigenvalue weighted by Crippen LogP contribution is 2.31. The fourth-order valence-corrected chi connectivity index (χ4v) is 6.04. The third-order valence-electron chi connectivity index (χ3n) is 8.08. The van der Waals surface area contributed by atoms with Crippen molar-refractivity contribution in [2.24, 2.45) is 0 Å². The van der Waals surface area contributed by atoms with Gasteiger partial charge in [-0.15, -0.1) is 0 Å². The van der Waals surface area contributed by atoms with Crippen LogP contribution in [0.3, 0.4) is 0 Å². The van der Waals surface area contributed by atoms with E-state index >= 15 is 0 Å². The van der Waals surface area contributed by atoms with Gasteiger partial charge >= 0.3 is 0 Å². The van der Waals surface area contributed by atoms with E-state index in [-0.39, 0.29) is 11.9 Å². The fourth-order valence-electron chi connectivity index (χ4n) is 5.92. The van der Waals surface area contributed by atoms with Gasteiger partial charge in [0.25, 0.3) is 5.91 Å². The Morgan fingerprint density at radius 3 is 2.45 bits per heavy atom. The van der Waals surface area contributed by atoms with E-state index < -0.39 is 0 Å². The molecule has 3 heterocycles. The third kappa shape index (κ3) is 5.67. The molecule has 2 fully saturated rings. The minimum atomic E-state index is 0.0700. The van der Waals surface area contributed by atoms with E-state index in [9.17, 15) is 10.1 Å². The minimum Gasteiger partial charge on any atom is -0.366 e. The SMILES string of the molecule is N#Cc1ccc(-c2ccc3nc(NCc4ccc(Cl)cc4)cc(C(=O)N4CCC[C@H]4CN4CCCC4)c3c2)cc1. The zero-order valence-corrected chi connectivity index (χ0v) is 23.2. The third-order valence-corrected chi connectivity index (χ3v) is 8.33. The Hall–Kier alpha value is -3.92. The van der Waals surface area contributed by atoms with Crippen LogP contribution < -0.4 is 5.32 Å². The molecule has 2 saturated heterocycles. The molecular weight excluding hydrogens is 518 g/mol. The molecule has 7 heteroatoms. The first kappa shape index (κ1) is 26.3. The summed E-state index contributed by atoms with van der Waals surface area (Å²) in [7, 11) is 0. The van der Waals surface area contributed by atoms with E-state index in [0.717, 1.165) is 66.6 Å². The predicted molar refractivity (Wildman–Crippen MR) is 160 cm³/mol. The van der Waals surface area contributed by atoms with Crippen LogP contribution in [0.1, 0.15) is 47.2 Å². The van der Waals surface area contributed by atoms with E-state index in [1.807, 2.05) is 66.7 Å². The van der Waals surface area contributed by atoms with Crippen molar-refractivity contribution >= 4 is 34.2 Å². The van der Waals surface area contributed by atoms with Gasteiger partial charge in [0.2, 0.25) is 0 Å². The Morgan fingerprint density at radius 1 is 0.950 bits per heavy atom. The lowest BCUT2D eigenvalue weighted by molar-refractivity contribution is 0.0710. The zero-order chi connectivity index (χ0) is 27.5. The molecule has 3 aromatic carbocycles. The molecule has 1 N–H and O–H groups in total. The maximum atomic E-state index is 14.2. The van der Waals surface area contributed by atoms with Gasteiger partial charge in [0.1, 0.15) is 5.82 Å². The highest BCUT2D eigenvalue weighted by Gasteiger charge is 2.32. The average Bonchev–Trinajstić information content (AvgIpc) is 3.68. The molecule has 202 valence electrons. The van der Waals surface area contributed by atoms with Crippen LogP contribution in [0.4, 0.5) is 5.82 Å². The Balaban J connectivity index is 1.36. The Kier molecular flexibility index (Phi) is 7.68. The number of likely N-dealkylation sites (tertiary alicyclic amines) is 2. The summed E-state index contributed by atoms with van der Waals surface area (Å²) in [4.78, 5) is 23.7. The fraction of sp³-hybridized carbons (Fsp3) is 0.303. The first-order chi connectivity index (χ1) is 19.6. The van der Waals surface area contributed by atoms with Crippen LogP contribution >= 0.6 is 11.6 Å². The Bertz CT molecular complexity index is 1560. The standard InChI is InChI=1S/C33H32ClN5O/c34-27-12-7-24(8-13-27)21-36-32-19-30(33(40)39-17-3-4-28(39)22-38-15-1-2-16-38)29-18-26(11-14-31(29)37-32)25-9-5-23(20-35)6-10-25/h5-14,18-19,28H,1-4,15-17,21-22H2,(H,36,37)/t28-/m0/s1. The number of nitrogens with zero attached hydrogens (tertiary/aromatic N) is 4.